The van der Waals surface area contributed by atoms with Crippen LogP contribution in [0.5, 0.6) is 0 Å². The maximum Gasteiger partial charge on any atom is 0.319 e. The Labute approximate surface area is 250 Å². The molecular weight excluding hydrogens is 553 g/mol. The topological polar surface area (TPSA) is 54.0 Å². The molecule has 0 aromatic rings. The molecule has 1 atom stereocenters. The van der Waals surface area contributed by atoms with Crippen molar-refractivity contribution >= 4 is 53.6 Å². The molecule has 0 amide bonds. The fourth-order valence-electron chi connectivity index (χ4n) is 3.78. The summed E-state index contributed by atoms with van der Waals surface area (Å²) in [6.45, 7) is 14.2. The molecule has 0 N–H and O–H groups in total. The monoisotopic (exact) mass is 610 g/mol. The largest absolute Gasteiger partial charge is 0.462 e. The molecule has 0 saturated carbocycles. The van der Waals surface area contributed by atoms with Gasteiger partial charge in [-0.2, -0.15) is 0 Å². The van der Waals surface area contributed by atoms with Crippen molar-refractivity contribution in [2.75, 3.05) is 45.4 Å². The van der Waals surface area contributed by atoms with E-state index in [1.807, 2.05) is 6.92 Å². The molecule has 0 rings (SSSR count). The summed E-state index contributed by atoms with van der Waals surface area (Å²) in [6, 6.07) is 1.12. The van der Waals surface area contributed by atoms with Gasteiger partial charge in [0.2, 0.25) is 0 Å². The van der Waals surface area contributed by atoms with Crippen molar-refractivity contribution in [3.63, 3.8) is 0 Å². The lowest BCUT2D eigenvalue weighted by atomic mass is 10.1. The SMILES string of the molecule is CCCCCCCCCCCCSC(=S)SC(C)C(=O)OCCOCCOCCC[Si](C)(C)OCCCC. The predicted molar refractivity (Wildman–Crippen MR) is 174 cm³/mol. The fourth-order valence-corrected chi connectivity index (χ4v) is 8.22. The van der Waals surface area contributed by atoms with Gasteiger partial charge in [-0.05, 0) is 51.1 Å². The molecule has 0 heterocycles. The number of ether oxygens (including phenoxy) is 3. The first kappa shape index (κ1) is 38.4. The molecule has 0 aromatic heterocycles. The van der Waals surface area contributed by atoms with Crippen LogP contribution in [0.2, 0.25) is 19.1 Å². The quantitative estimate of drug-likeness (QED) is 0.0395. The zero-order valence-corrected chi connectivity index (χ0v) is 28.6. The zero-order valence-electron chi connectivity index (χ0n) is 25.2. The second-order valence-corrected chi connectivity index (χ2v) is 18.4. The normalized spacial score (nSPS) is 12.6. The number of rotatable bonds is 27. The van der Waals surface area contributed by atoms with Crippen molar-refractivity contribution in [1.82, 2.24) is 0 Å². The average molecular weight is 611 g/mol. The van der Waals surface area contributed by atoms with Crippen molar-refractivity contribution in [2.45, 2.75) is 129 Å². The van der Waals surface area contributed by atoms with E-state index >= 15 is 0 Å². The number of unbranched alkanes of at least 4 members (excludes halogenated alkanes) is 10. The van der Waals surface area contributed by atoms with Crippen molar-refractivity contribution in [1.29, 1.82) is 0 Å². The third-order valence-corrected chi connectivity index (χ3v) is 11.5. The number of thiocarbonyl (C=S) groups is 1. The zero-order chi connectivity index (χ0) is 28.3. The highest BCUT2D eigenvalue weighted by Gasteiger charge is 2.21. The molecule has 38 heavy (non-hydrogen) atoms. The minimum atomic E-state index is -1.55. The first-order valence-corrected chi connectivity index (χ1v) is 20.5. The van der Waals surface area contributed by atoms with Gasteiger partial charge in [-0.1, -0.05) is 102 Å². The van der Waals surface area contributed by atoms with Crippen molar-refractivity contribution < 1.29 is 23.4 Å². The number of esters is 1. The second-order valence-electron chi connectivity index (χ2n) is 10.5. The van der Waals surface area contributed by atoms with Crippen LogP contribution in [-0.4, -0.2) is 68.5 Å². The van der Waals surface area contributed by atoms with Gasteiger partial charge in [0.15, 0.2) is 8.32 Å². The molecule has 0 aromatic carbocycles. The summed E-state index contributed by atoms with van der Waals surface area (Å²) < 4.78 is 23.4. The van der Waals surface area contributed by atoms with Gasteiger partial charge in [-0.25, -0.2) is 0 Å². The van der Waals surface area contributed by atoms with E-state index in [1.54, 1.807) is 11.8 Å². The van der Waals surface area contributed by atoms with Gasteiger partial charge in [-0.15, -0.1) is 11.8 Å². The summed E-state index contributed by atoms with van der Waals surface area (Å²) >= 11 is 8.57. The number of carbonyl (C=O) groups excluding carboxylic acids is 1. The maximum atomic E-state index is 12.2. The van der Waals surface area contributed by atoms with Gasteiger partial charge in [0.05, 0.1) is 19.8 Å². The lowest BCUT2D eigenvalue weighted by Gasteiger charge is -2.22. The van der Waals surface area contributed by atoms with E-state index in [4.69, 9.17) is 30.9 Å². The summed E-state index contributed by atoms with van der Waals surface area (Å²) in [5.41, 5.74) is 0. The van der Waals surface area contributed by atoms with Gasteiger partial charge in [0.25, 0.3) is 0 Å². The molecule has 0 saturated heterocycles. The van der Waals surface area contributed by atoms with E-state index in [1.165, 1.54) is 82.4 Å². The number of hydrogen-bond donors (Lipinski definition) is 0. The van der Waals surface area contributed by atoms with Crippen LogP contribution in [0.3, 0.4) is 0 Å². The molecule has 0 spiro atoms. The Bertz CT molecular complexity index is 566. The standard InChI is InChI=1S/C29H58O5S3Si/c1-6-8-10-11-12-13-14-15-16-17-25-36-29(35)37-27(3)28(30)33-24-23-32-22-21-31-19-18-26-38(4,5)34-20-9-7-2/h27H,6-26H2,1-5H3. The van der Waals surface area contributed by atoms with Crippen LogP contribution in [0.4, 0.5) is 0 Å². The van der Waals surface area contributed by atoms with Crippen LogP contribution >= 0.6 is 35.7 Å². The first-order chi connectivity index (χ1) is 18.3. The molecular formula is C29H58O5S3Si. The molecule has 9 heteroatoms. The van der Waals surface area contributed by atoms with E-state index in [2.05, 4.69) is 26.9 Å². The summed E-state index contributed by atoms with van der Waals surface area (Å²) in [5.74, 6) is 0.802. The lowest BCUT2D eigenvalue weighted by molar-refractivity contribution is -0.144. The average Bonchev–Trinajstić information content (AvgIpc) is 2.88. The Morgan fingerprint density at radius 3 is 1.92 bits per heavy atom. The highest BCUT2D eigenvalue weighted by molar-refractivity contribution is 8.47. The lowest BCUT2D eigenvalue weighted by Crippen LogP contribution is -2.31. The van der Waals surface area contributed by atoms with Crippen LogP contribution in [0.1, 0.15) is 104 Å². The van der Waals surface area contributed by atoms with E-state index in [0.29, 0.717) is 19.8 Å². The third kappa shape index (κ3) is 26.6. The minimum Gasteiger partial charge on any atom is -0.462 e. The van der Waals surface area contributed by atoms with Crippen LogP contribution in [0, 0.1) is 0 Å². The number of carbonyl (C=O) groups is 1. The molecule has 0 aliphatic rings. The molecule has 0 bridgehead atoms. The molecule has 0 aliphatic carbocycles. The number of hydrogen-bond acceptors (Lipinski definition) is 8. The smallest absolute Gasteiger partial charge is 0.319 e. The Morgan fingerprint density at radius 2 is 1.29 bits per heavy atom. The fraction of sp³-hybridized carbons (Fsp3) is 0.931. The highest BCUT2D eigenvalue weighted by Crippen LogP contribution is 2.24. The summed E-state index contributed by atoms with van der Waals surface area (Å²) in [4.78, 5) is 12.2. The van der Waals surface area contributed by atoms with Crippen LogP contribution in [-0.2, 0) is 23.4 Å². The van der Waals surface area contributed by atoms with Gasteiger partial charge in [0.1, 0.15) is 15.4 Å². The summed E-state index contributed by atoms with van der Waals surface area (Å²) in [6.07, 6.45) is 16.7. The van der Waals surface area contributed by atoms with Gasteiger partial charge in [0, 0.05) is 13.2 Å². The third-order valence-electron chi connectivity index (χ3n) is 6.22. The molecule has 0 radical (unpaired) electrons. The Morgan fingerprint density at radius 1 is 0.737 bits per heavy atom. The molecule has 226 valence electrons. The van der Waals surface area contributed by atoms with E-state index < -0.39 is 8.32 Å². The summed E-state index contributed by atoms with van der Waals surface area (Å²) in [5, 5.41) is -0.287. The van der Waals surface area contributed by atoms with E-state index in [0.717, 1.165) is 41.4 Å². The Hall–Kier alpha value is 0.357. The van der Waals surface area contributed by atoms with E-state index in [9.17, 15) is 4.79 Å². The minimum absolute atomic E-state index is 0.232. The first-order valence-electron chi connectivity index (χ1n) is 15.1. The van der Waals surface area contributed by atoms with Crippen LogP contribution < -0.4 is 0 Å². The van der Waals surface area contributed by atoms with Gasteiger partial charge in [-0.3, -0.25) is 4.79 Å². The second kappa shape index (κ2) is 27.5. The van der Waals surface area contributed by atoms with Gasteiger partial charge >= 0.3 is 5.97 Å². The summed E-state index contributed by atoms with van der Waals surface area (Å²) in [7, 11) is -1.55. The Kier molecular flexibility index (Phi) is 27.8. The molecule has 0 fully saturated rings. The number of thioether (sulfide) groups is 2. The van der Waals surface area contributed by atoms with Crippen LogP contribution in [0.25, 0.3) is 0 Å². The molecule has 1 unspecified atom stereocenters. The van der Waals surface area contributed by atoms with Crippen molar-refractivity contribution in [3.8, 4) is 0 Å². The van der Waals surface area contributed by atoms with Gasteiger partial charge < -0.3 is 18.6 Å². The molecule has 5 nitrogen and oxygen atoms in total. The van der Waals surface area contributed by atoms with Crippen molar-refractivity contribution in [3.05, 3.63) is 0 Å². The maximum absolute atomic E-state index is 12.2. The van der Waals surface area contributed by atoms with Crippen LogP contribution in [0.15, 0.2) is 0 Å². The molecule has 0 aliphatic heterocycles. The Balaban J connectivity index is 3.54. The predicted octanol–water partition coefficient (Wildman–Crippen LogP) is 9.04. The highest BCUT2D eigenvalue weighted by atomic mass is 32.2. The van der Waals surface area contributed by atoms with E-state index in [-0.39, 0.29) is 17.8 Å². The van der Waals surface area contributed by atoms with Crippen molar-refractivity contribution in [2.24, 2.45) is 0 Å².